The molecule has 7 nitrogen and oxygen atoms in total. The topological polar surface area (TPSA) is 79.3 Å². The summed E-state index contributed by atoms with van der Waals surface area (Å²) in [6.07, 6.45) is 4.10. The van der Waals surface area contributed by atoms with Crippen LogP contribution < -0.4 is 14.4 Å². The van der Waals surface area contributed by atoms with E-state index in [0.717, 1.165) is 48.1 Å². The van der Waals surface area contributed by atoms with Crippen molar-refractivity contribution < 1.29 is 24.2 Å². The van der Waals surface area contributed by atoms with Gasteiger partial charge in [0.25, 0.3) is 0 Å². The van der Waals surface area contributed by atoms with Gasteiger partial charge in [0.15, 0.2) is 11.5 Å². The summed E-state index contributed by atoms with van der Waals surface area (Å²) in [4.78, 5) is 30.7. The van der Waals surface area contributed by atoms with E-state index in [1.54, 1.807) is 0 Å². The number of aliphatic carboxylic acids is 1. The quantitative estimate of drug-likeness (QED) is 0.250. The maximum atomic E-state index is 13.6. The van der Waals surface area contributed by atoms with E-state index in [4.69, 9.17) is 9.47 Å². The van der Waals surface area contributed by atoms with Gasteiger partial charge in [-0.2, -0.15) is 0 Å². The van der Waals surface area contributed by atoms with Gasteiger partial charge in [-0.3, -0.25) is 14.5 Å². The van der Waals surface area contributed by atoms with E-state index in [0.29, 0.717) is 24.5 Å². The number of hydrogen-bond acceptors (Lipinski definition) is 6. The minimum Gasteiger partial charge on any atom is -0.481 e. The van der Waals surface area contributed by atoms with Gasteiger partial charge in [0.05, 0.1) is 12.5 Å². The number of carbonyl (C=O) groups is 2. The zero-order valence-corrected chi connectivity index (χ0v) is 27.0. The Morgan fingerprint density at radius 2 is 1.66 bits per heavy atom. The van der Waals surface area contributed by atoms with Crippen LogP contribution in [0.25, 0.3) is 0 Å². The summed E-state index contributed by atoms with van der Waals surface area (Å²) in [6, 6.07) is 16.0. The Labute approximate surface area is 261 Å². The molecular weight excluding hydrogens is 552 g/mol. The Morgan fingerprint density at radius 1 is 0.977 bits per heavy atom. The number of anilines is 1. The fourth-order valence-electron chi connectivity index (χ4n) is 7.30. The summed E-state index contributed by atoms with van der Waals surface area (Å²) in [5, 5.41) is 10.7. The lowest BCUT2D eigenvalue weighted by Gasteiger charge is -2.27. The monoisotopic (exact) mass is 598 g/mol. The van der Waals surface area contributed by atoms with E-state index in [1.807, 2.05) is 62.3 Å². The van der Waals surface area contributed by atoms with Gasteiger partial charge in [0, 0.05) is 44.7 Å². The first-order valence-corrected chi connectivity index (χ1v) is 15.9. The Hall–Kier alpha value is -3.84. The normalized spacial score (nSPS) is 19.4. The predicted octanol–water partition coefficient (Wildman–Crippen LogP) is 6.66. The van der Waals surface area contributed by atoms with Crippen LogP contribution in [0.4, 0.5) is 5.69 Å². The van der Waals surface area contributed by atoms with Gasteiger partial charge in [0.2, 0.25) is 6.79 Å². The third-order valence-corrected chi connectivity index (χ3v) is 9.47. The molecule has 234 valence electrons. The summed E-state index contributed by atoms with van der Waals surface area (Å²) in [5.41, 5.74) is 9.22. The molecular formula is C37H46N2O5. The highest BCUT2D eigenvalue weighted by molar-refractivity contribution is 5.81. The molecule has 0 unspecified atom stereocenters. The molecule has 0 radical (unpaired) electrons. The zero-order chi connectivity index (χ0) is 31.5. The van der Waals surface area contributed by atoms with Crippen LogP contribution in [0.2, 0.25) is 0 Å². The van der Waals surface area contributed by atoms with Crippen LogP contribution in [0.3, 0.4) is 0 Å². The summed E-state index contributed by atoms with van der Waals surface area (Å²) in [5.74, 6) is -0.372. The highest BCUT2D eigenvalue weighted by atomic mass is 16.7. The highest BCUT2D eigenvalue weighted by Crippen LogP contribution is 2.49. The zero-order valence-electron chi connectivity index (χ0n) is 27.0. The van der Waals surface area contributed by atoms with E-state index in [9.17, 15) is 14.7 Å². The molecule has 2 aliphatic rings. The second kappa shape index (κ2) is 13.4. The van der Waals surface area contributed by atoms with Crippen LogP contribution in [0.1, 0.15) is 77.6 Å². The minimum absolute atomic E-state index is 0.148. The number of fused-ring (bicyclic) bond motifs is 1. The SMILES string of the molecule is CCc1cc(C)cc(CC)c1CCCC(=O)CN1C[C@H](c2ccc3c(c2C)OCO3)[C@@H](C(=O)O)[C@@H]1c1ccc(N(C)C)cc1. The molecule has 0 amide bonds. The number of rotatable bonds is 12. The smallest absolute Gasteiger partial charge is 0.309 e. The van der Waals surface area contributed by atoms with Crippen molar-refractivity contribution in [2.45, 2.75) is 71.8 Å². The Bertz CT molecular complexity index is 1490. The molecule has 1 saturated heterocycles. The minimum atomic E-state index is -0.859. The maximum absolute atomic E-state index is 13.6. The molecule has 7 heteroatoms. The van der Waals surface area contributed by atoms with Gasteiger partial charge in [-0.15, -0.1) is 0 Å². The van der Waals surface area contributed by atoms with Crippen molar-refractivity contribution in [2.24, 2.45) is 5.92 Å². The summed E-state index contributed by atoms with van der Waals surface area (Å²) in [6.45, 7) is 9.36. The molecule has 0 aromatic heterocycles. The Kier molecular flexibility index (Phi) is 9.64. The molecule has 0 spiro atoms. The number of ketones is 1. The lowest BCUT2D eigenvalue weighted by atomic mass is 9.81. The standard InChI is InChI=1S/C37H46N2O5/c1-7-25-18-23(3)19-26(8-2)31(25)11-9-10-29(40)20-39-21-32(30-16-17-33-36(24(30)4)44-22-43-33)34(37(41)42)35(39)27-12-14-28(15-13-27)38(5)6/h12-19,32,34-35H,7-11,20-22H2,1-6H3,(H,41,42)/t32-,34-,35+/m1/s1. The second-order valence-electron chi connectivity index (χ2n) is 12.5. The molecule has 2 aliphatic heterocycles. The van der Waals surface area contributed by atoms with Crippen LogP contribution in [-0.2, 0) is 28.9 Å². The molecule has 44 heavy (non-hydrogen) atoms. The summed E-state index contributed by atoms with van der Waals surface area (Å²) < 4.78 is 11.3. The van der Waals surface area contributed by atoms with Gasteiger partial charge in [-0.05, 0) is 91.1 Å². The summed E-state index contributed by atoms with van der Waals surface area (Å²) >= 11 is 0. The first-order chi connectivity index (χ1) is 21.1. The number of carboxylic acids is 1. The maximum Gasteiger partial charge on any atom is 0.309 e. The van der Waals surface area contributed by atoms with Crippen LogP contribution in [-0.4, -0.2) is 55.7 Å². The molecule has 0 aliphatic carbocycles. The van der Waals surface area contributed by atoms with Crippen molar-refractivity contribution in [1.29, 1.82) is 0 Å². The fourth-order valence-corrected chi connectivity index (χ4v) is 7.30. The largest absolute Gasteiger partial charge is 0.481 e. The average molecular weight is 599 g/mol. The molecule has 5 rings (SSSR count). The fraction of sp³-hybridized carbons (Fsp3) is 0.459. The average Bonchev–Trinajstić information content (AvgIpc) is 3.63. The Balaban J connectivity index is 1.40. The first kappa shape index (κ1) is 31.6. The van der Waals surface area contributed by atoms with E-state index in [2.05, 4.69) is 37.8 Å². The molecule has 0 bridgehead atoms. The van der Waals surface area contributed by atoms with Crippen molar-refractivity contribution in [1.82, 2.24) is 4.90 Å². The summed E-state index contributed by atoms with van der Waals surface area (Å²) in [7, 11) is 3.97. The van der Waals surface area contributed by atoms with Crippen LogP contribution in [0, 0.1) is 19.8 Å². The van der Waals surface area contributed by atoms with Gasteiger partial charge < -0.3 is 19.5 Å². The predicted molar refractivity (Wildman–Crippen MR) is 174 cm³/mol. The van der Waals surface area contributed by atoms with Crippen molar-refractivity contribution in [3.05, 3.63) is 87.5 Å². The number of hydrogen-bond donors (Lipinski definition) is 1. The van der Waals surface area contributed by atoms with Crippen molar-refractivity contribution >= 4 is 17.4 Å². The highest BCUT2D eigenvalue weighted by Gasteiger charge is 2.48. The molecule has 3 aromatic carbocycles. The molecule has 3 atom stereocenters. The third-order valence-electron chi connectivity index (χ3n) is 9.47. The third kappa shape index (κ3) is 6.34. The van der Waals surface area contributed by atoms with Crippen molar-refractivity contribution in [3.8, 4) is 11.5 Å². The van der Waals surface area contributed by atoms with Gasteiger partial charge in [-0.25, -0.2) is 0 Å². The van der Waals surface area contributed by atoms with Gasteiger partial charge in [0.1, 0.15) is 5.78 Å². The van der Waals surface area contributed by atoms with E-state index < -0.39 is 17.9 Å². The lowest BCUT2D eigenvalue weighted by Crippen LogP contribution is -2.32. The number of carbonyl (C=O) groups excluding carboxylic acids is 1. The number of carboxylic acid groups (broad SMARTS) is 1. The molecule has 2 heterocycles. The molecule has 1 fully saturated rings. The number of Topliss-reactive ketones (excluding diaryl/α,β-unsaturated/α-hetero) is 1. The van der Waals surface area contributed by atoms with E-state index in [-0.39, 0.29) is 25.0 Å². The number of benzene rings is 3. The van der Waals surface area contributed by atoms with Crippen LogP contribution in [0.15, 0.2) is 48.5 Å². The number of aryl methyl sites for hydroxylation is 3. The molecule has 3 aromatic rings. The number of likely N-dealkylation sites (tertiary alicyclic amines) is 1. The van der Waals surface area contributed by atoms with Gasteiger partial charge >= 0.3 is 5.97 Å². The van der Waals surface area contributed by atoms with E-state index >= 15 is 0 Å². The van der Waals surface area contributed by atoms with Crippen LogP contribution in [0.5, 0.6) is 11.5 Å². The second-order valence-corrected chi connectivity index (χ2v) is 12.5. The first-order valence-electron chi connectivity index (χ1n) is 15.9. The molecule has 0 saturated carbocycles. The molecule has 1 N–H and O–H groups in total. The number of ether oxygens (including phenoxy) is 2. The van der Waals surface area contributed by atoms with Crippen molar-refractivity contribution in [3.63, 3.8) is 0 Å². The lowest BCUT2D eigenvalue weighted by molar-refractivity contribution is -0.143. The van der Waals surface area contributed by atoms with Gasteiger partial charge in [-0.1, -0.05) is 49.7 Å². The van der Waals surface area contributed by atoms with E-state index in [1.165, 1.54) is 22.3 Å². The van der Waals surface area contributed by atoms with Crippen LogP contribution >= 0.6 is 0 Å². The van der Waals surface area contributed by atoms with Crippen molar-refractivity contribution in [2.75, 3.05) is 38.9 Å². The Morgan fingerprint density at radius 3 is 2.27 bits per heavy atom. The number of nitrogens with zero attached hydrogens (tertiary/aromatic N) is 2.